The Bertz CT molecular complexity index is 485. The second-order valence-electron chi connectivity index (χ2n) is 3.67. The fraction of sp³-hybridized carbons (Fsp3) is 0.154. The average molecular weight is 249 g/mol. The molecule has 1 aromatic heterocycles. The average Bonchev–Trinajstić information content (AvgIpc) is 2.37. The molecule has 2 N–H and O–H groups in total. The van der Waals surface area contributed by atoms with Crippen molar-refractivity contribution in [2.45, 2.75) is 13.2 Å². The molecule has 0 saturated heterocycles. The summed E-state index contributed by atoms with van der Waals surface area (Å²) in [6.45, 7) is 0.753. The highest BCUT2D eigenvalue weighted by molar-refractivity contribution is 6.29. The zero-order valence-electron chi connectivity index (χ0n) is 9.23. The Hall–Kier alpha value is -1.58. The number of aliphatic hydroxyl groups is 1. The third-order valence-corrected chi connectivity index (χ3v) is 2.60. The molecule has 0 aliphatic rings. The molecule has 0 fully saturated rings. The van der Waals surface area contributed by atoms with Gasteiger partial charge in [-0.05, 0) is 23.3 Å². The highest BCUT2D eigenvalue weighted by Crippen LogP contribution is 2.11. The van der Waals surface area contributed by atoms with Gasteiger partial charge in [-0.1, -0.05) is 41.9 Å². The first kappa shape index (κ1) is 11.9. The number of hydrogen-bond acceptors (Lipinski definition) is 3. The van der Waals surface area contributed by atoms with Gasteiger partial charge in [-0.25, -0.2) is 4.98 Å². The smallest absolute Gasteiger partial charge is 0.131 e. The van der Waals surface area contributed by atoms with E-state index in [2.05, 4.69) is 10.3 Å². The highest BCUT2D eigenvalue weighted by atomic mass is 35.5. The molecule has 0 unspecified atom stereocenters. The number of nitrogens with zero attached hydrogens (tertiary/aromatic N) is 1. The van der Waals surface area contributed by atoms with Crippen LogP contribution in [0.3, 0.4) is 0 Å². The molecule has 0 bridgehead atoms. The van der Waals surface area contributed by atoms with Crippen LogP contribution in [0, 0.1) is 0 Å². The third-order valence-electron chi connectivity index (χ3n) is 2.39. The normalized spacial score (nSPS) is 10.2. The van der Waals surface area contributed by atoms with E-state index in [1.54, 1.807) is 6.07 Å². The van der Waals surface area contributed by atoms with E-state index >= 15 is 0 Å². The van der Waals surface area contributed by atoms with Crippen LogP contribution in [0.15, 0.2) is 42.5 Å². The number of aliphatic hydroxyl groups excluding tert-OH is 1. The lowest BCUT2D eigenvalue weighted by atomic mass is 10.1. The Morgan fingerprint density at radius 1 is 1.06 bits per heavy atom. The molecule has 0 aliphatic heterocycles. The van der Waals surface area contributed by atoms with E-state index in [1.165, 1.54) is 0 Å². The van der Waals surface area contributed by atoms with Crippen LogP contribution >= 0.6 is 11.6 Å². The zero-order valence-corrected chi connectivity index (χ0v) is 9.98. The molecule has 2 rings (SSSR count). The summed E-state index contributed by atoms with van der Waals surface area (Å²) in [5.74, 6) is 0.753. The standard InChI is InChI=1S/C13H13ClN2O/c14-12-2-1-3-13(16-12)15-8-10-4-6-11(9-17)7-5-10/h1-7,17H,8-9H2,(H,15,16). The van der Waals surface area contributed by atoms with Gasteiger partial charge < -0.3 is 10.4 Å². The van der Waals surface area contributed by atoms with Crippen LogP contribution in [0.2, 0.25) is 5.15 Å². The highest BCUT2D eigenvalue weighted by Gasteiger charge is 1.97. The molecule has 3 nitrogen and oxygen atoms in total. The second kappa shape index (κ2) is 5.66. The van der Waals surface area contributed by atoms with Gasteiger partial charge in [0.25, 0.3) is 0 Å². The third kappa shape index (κ3) is 3.44. The quantitative estimate of drug-likeness (QED) is 0.818. The lowest BCUT2D eigenvalue weighted by Gasteiger charge is -2.06. The van der Waals surface area contributed by atoms with Crippen molar-refractivity contribution in [3.05, 3.63) is 58.7 Å². The Kier molecular flexibility index (Phi) is 3.96. The predicted octanol–water partition coefficient (Wildman–Crippen LogP) is 2.84. The molecule has 0 spiro atoms. The molecule has 2 aromatic rings. The van der Waals surface area contributed by atoms with Gasteiger partial charge in [0.05, 0.1) is 6.61 Å². The fourth-order valence-electron chi connectivity index (χ4n) is 1.46. The van der Waals surface area contributed by atoms with Gasteiger partial charge >= 0.3 is 0 Å². The van der Waals surface area contributed by atoms with Crippen LogP contribution in [-0.2, 0) is 13.2 Å². The van der Waals surface area contributed by atoms with Crippen LogP contribution in [-0.4, -0.2) is 10.1 Å². The zero-order chi connectivity index (χ0) is 12.1. The molecule has 0 saturated carbocycles. The van der Waals surface area contributed by atoms with E-state index in [0.29, 0.717) is 11.7 Å². The minimum Gasteiger partial charge on any atom is -0.392 e. The van der Waals surface area contributed by atoms with E-state index in [1.807, 2.05) is 36.4 Å². The summed E-state index contributed by atoms with van der Waals surface area (Å²) in [5.41, 5.74) is 2.04. The van der Waals surface area contributed by atoms with Crippen molar-refractivity contribution in [2.24, 2.45) is 0 Å². The van der Waals surface area contributed by atoms with E-state index in [-0.39, 0.29) is 6.61 Å². The second-order valence-corrected chi connectivity index (χ2v) is 4.06. The van der Waals surface area contributed by atoms with Crippen molar-refractivity contribution in [1.82, 2.24) is 4.98 Å². The van der Waals surface area contributed by atoms with E-state index in [0.717, 1.165) is 16.9 Å². The predicted molar refractivity (Wildman–Crippen MR) is 68.9 cm³/mol. The molecule has 88 valence electrons. The summed E-state index contributed by atoms with van der Waals surface area (Å²) in [6.07, 6.45) is 0. The van der Waals surface area contributed by atoms with Crippen molar-refractivity contribution in [3.8, 4) is 0 Å². The van der Waals surface area contributed by atoms with Crippen LogP contribution in [0.4, 0.5) is 5.82 Å². The maximum absolute atomic E-state index is 8.93. The SMILES string of the molecule is OCc1ccc(CNc2cccc(Cl)n2)cc1. The topological polar surface area (TPSA) is 45.1 Å². The molecule has 1 heterocycles. The number of rotatable bonds is 4. The van der Waals surface area contributed by atoms with Crippen molar-refractivity contribution in [2.75, 3.05) is 5.32 Å². The van der Waals surface area contributed by atoms with Crippen LogP contribution < -0.4 is 5.32 Å². The number of hydrogen-bond donors (Lipinski definition) is 2. The molecule has 0 amide bonds. The summed E-state index contributed by atoms with van der Waals surface area (Å²) in [7, 11) is 0. The summed E-state index contributed by atoms with van der Waals surface area (Å²) >= 11 is 5.79. The largest absolute Gasteiger partial charge is 0.392 e. The van der Waals surface area contributed by atoms with Gasteiger partial charge in [-0.3, -0.25) is 0 Å². The number of anilines is 1. The van der Waals surface area contributed by atoms with Crippen LogP contribution in [0.1, 0.15) is 11.1 Å². The van der Waals surface area contributed by atoms with E-state index in [9.17, 15) is 0 Å². The first-order valence-corrected chi connectivity index (χ1v) is 5.71. The Morgan fingerprint density at radius 3 is 2.41 bits per heavy atom. The van der Waals surface area contributed by atoms with Crippen molar-refractivity contribution >= 4 is 17.4 Å². The number of halogens is 1. The Morgan fingerprint density at radius 2 is 1.76 bits per heavy atom. The lowest BCUT2D eigenvalue weighted by Crippen LogP contribution is -2.01. The first-order valence-electron chi connectivity index (χ1n) is 5.33. The molecule has 1 aromatic carbocycles. The van der Waals surface area contributed by atoms with Gasteiger partial charge in [0.15, 0.2) is 0 Å². The van der Waals surface area contributed by atoms with Gasteiger partial charge in [0.2, 0.25) is 0 Å². The maximum Gasteiger partial charge on any atom is 0.131 e. The molecular formula is C13H13ClN2O. The van der Waals surface area contributed by atoms with Crippen molar-refractivity contribution in [3.63, 3.8) is 0 Å². The monoisotopic (exact) mass is 248 g/mol. The number of aromatic nitrogens is 1. The van der Waals surface area contributed by atoms with Gasteiger partial charge in [0, 0.05) is 6.54 Å². The van der Waals surface area contributed by atoms with Crippen LogP contribution in [0.5, 0.6) is 0 Å². The molecule has 17 heavy (non-hydrogen) atoms. The molecule has 0 aliphatic carbocycles. The number of pyridine rings is 1. The number of benzene rings is 1. The lowest BCUT2D eigenvalue weighted by molar-refractivity contribution is 0.282. The Balaban J connectivity index is 1.97. The van der Waals surface area contributed by atoms with Gasteiger partial charge in [0.1, 0.15) is 11.0 Å². The van der Waals surface area contributed by atoms with E-state index < -0.39 is 0 Å². The van der Waals surface area contributed by atoms with Gasteiger partial charge in [-0.15, -0.1) is 0 Å². The van der Waals surface area contributed by atoms with Gasteiger partial charge in [-0.2, -0.15) is 0 Å². The molecule has 0 radical (unpaired) electrons. The van der Waals surface area contributed by atoms with Crippen molar-refractivity contribution < 1.29 is 5.11 Å². The van der Waals surface area contributed by atoms with Crippen molar-refractivity contribution in [1.29, 1.82) is 0 Å². The van der Waals surface area contributed by atoms with Crippen LogP contribution in [0.25, 0.3) is 0 Å². The summed E-state index contributed by atoms with van der Waals surface area (Å²) in [6, 6.07) is 13.2. The fourth-order valence-corrected chi connectivity index (χ4v) is 1.63. The summed E-state index contributed by atoms with van der Waals surface area (Å²) < 4.78 is 0. The number of nitrogens with one attached hydrogen (secondary N) is 1. The minimum absolute atomic E-state index is 0.0730. The first-order chi connectivity index (χ1) is 8.28. The maximum atomic E-state index is 8.93. The molecular weight excluding hydrogens is 236 g/mol. The summed E-state index contributed by atoms with van der Waals surface area (Å²) in [4.78, 5) is 4.14. The molecule has 4 heteroatoms. The van der Waals surface area contributed by atoms with E-state index in [4.69, 9.17) is 16.7 Å². The molecule has 0 atom stereocenters. The summed E-state index contributed by atoms with van der Waals surface area (Å²) in [5, 5.41) is 12.6. The minimum atomic E-state index is 0.0730. The Labute approximate surface area is 105 Å².